The summed E-state index contributed by atoms with van der Waals surface area (Å²) >= 11 is 0. The van der Waals surface area contributed by atoms with E-state index in [1.165, 1.54) is 30.9 Å². The van der Waals surface area contributed by atoms with E-state index in [4.69, 9.17) is 4.74 Å². The summed E-state index contributed by atoms with van der Waals surface area (Å²) in [6, 6.07) is 8.69. The molecule has 1 unspecified atom stereocenters. The summed E-state index contributed by atoms with van der Waals surface area (Å²) in [7, 11) is 0. The predicted molar refractivity (Wildman–Crippen MR) is 72.1 cm³/mol. The standard InChI is InChI=1S/C16H20O2/c1-12(11-18-13(2)17)9-14-7-8-15-5-3-4-6-16(15)10-14/h3-6,11,14H,7-10H2,1-2H3. The molecule has 0 heterocycles. The smallest absolute Gasteiger partial charge is 0.307 e. The molecule has 0 amide bonds. The third-order valence-electron chi connectivity index (χ3n) is 3.49. The summed E-state index contributed by atoms with van der Waals surface area (Å²) in [5.41, 5.74) is 4.12. The van der Waals surface area contributed by atoms with Crippen LogP contribution >= 0.6 is 0 Å². The molecule has 0 saturated carbocycles. The molecule has 0 saturated heterocycles. The van der Waals surface area contributed by atoms with Crippen LogP contribution in [0.15, 0.2) is 36.1 Å². The van der Waals surface area contributed by atoms with Crippen molar-refractivity contribution in [2.75, 3.05) is 0 Å². The second-order valence-electron chi connectivity index (χ2n) is 5.16. The maximum atomic E-state index is 10.7. The number of hydrogen-bond donors (Lipinski definition) is 0. The van der Waals surface area contributed by atoms with Crippen LogP contribution in [0.1, 0.15) is 37.8 Å². The fourth-order valence-corrected chi connectivity index (χ4v) is 2.63. The van der Waals surface area contributed by atoms with Crippen LogP contribution in [0.3, 0.4) is 0 Å². The van der Waals surface area contributed by atoms with Crippen LogP contribution in [0.5, 0.6) is 0 Å². The average molecular weight is 244 g/mol. The normalized spacial score (nSPS) is 19.2. The molecule has 0 aliphatic heterocycles. The molecular weight excluding hydrogens is 224 g/mol. The fourth-order valence-electron chi connectivity index (χ4n) is 2.63. The molecule has 1 aromatic rings. The molecule has 1 aliphatic rings. The van der Waals surface area contributed by atoms with Crippen molar-refractivity contribution in [2.45, 2.75) is 39.5 Å². The lowest BCUT2D eigenvalue weighted by molar-refractivity contribution is -0.135. The van der Waals surface area contributed by atoms with Crippen molar-refractivity contribution in [1.82, 2.24) is 0 Å². The number of allylic oxidation sites excluding steroid dienone is 1. The van der Waals surface area contributed by atoms with Crippen LogP contribution in [0.2, 0.25) is 0 Å². The Morgan fingerprint density at radius 2 is 2.06 bits per heavy atom. The molecule has 2 nitrogen and oxygen atoms in total. The Bertz CT molecular complexity index is 460. The van der Waals surface area contributed by atoms with Gasteiger partial charge in [-0.3, -0.25) is 4.79 Å². The summed E-state index contributed by atoms with van der Waals surface area (Å²) in [6.07, 6.45) is 6.15. The summed E-state index contributed by atoms with van der Waals surface area (Å²) < 4.78 is 4.91. The van der Waals surface area contributed by atoms with Gasteiger partial charge in [-0.25, -0.2) is 0 Å². The summed E-state index contributed by atoms with van der Waals surface area (Å²) in [5.74, 6) is 0.426. The van der Waals surface area contributed by atoms with Crippen molar-refractivity contribution in [3.8, 4) is 0 Å². The molecule has 2 rings (SSSR count). The van der Waals surface area contributed by atoms with E-state index in [-0.39, 0.29) is 5.97 Å². The van der Waals surface area contributed by atoms with Gasteiger partial charge in [-0.05, 0) is 55.2 Å². The minimum atomic E-state index is -0.247. The third kappa shape index (κ3) is 3.46. The van der Waals surface area contributed by atoms with Gasteiger partial charge >= 0.3 is 5.97 Å². The summed E-state index contributed by atoms with van der Waals surface area (Å²) in [5, 5.41) is 0. The van der Waals surface area contributed by atoms with Crippen LogP contribution in [-0.2, 0) is 22.4 Å². The van der Waals surface area contributed by atoms with Crippen molar-refractivity contribution in [2.24, 2.45) is 5.92 Å². The summed E-state index contributed by atoms with van der Waals surface area (Å²) in [4.78, 5) is 10.7. The summed E-state index contributed by atoms with van der Waals surface area (Å²) in [6.45, 7) is 3.46. The lowest BCUT2D eigenvalue weighted by atomic mass is 9.81. The monoisotopic (exact) mass is 244 g/mol. The van der Waals surface area contributed by atoms with Crippen molar-refractivity contribution in [3.63, 3.8) is 0 Å². The van der Waals surface area contributed by atoms with Crippen LogP contribution in [0, 0.1) is 5.92 Å². The molecule has 0 aromatic heterocycles. The van der Waals surface area contributed by atoms with Gasteiger partial charge in [-0.2, -0.15) is 0 Å². The molecule has 18 heavy (non-hydrogen) atoms. The number of carbonyl (C=O) groups is 1. The zero-order chi connectivity index (χ0) is 13.0. The molecule has 1 aromatic carbocycles. The zero-order valence-electron chi connectivity index (χ0n) is 11.1. The highest BCUT2D eigenvalue weighted by Crippen LogP contribution is 2.29. The van der Waals surface area contributed by atoms with E-state index < -0.39 is 0 Å². The van der Waals surface area contributed by atoms with Crippen LogP contribution in [-0.4, -0.2) is 5.97 Å². The van der Waals surface area contributed by atoms with E-state index in [1.807, 2.05) is 6.92 Å². The first-order valence-corrected chi connectivity index (χ1v) is 6.55. The van der Waals surface area contributed by atoms with E-state index in [2.05, 4.69) is 24.3 Å². The molecule has 0 bridgehead atoms. The molecule has 1 aliphatic carbocycles. The van der Waals surface area contributed by atoms with Crippen LogP contribution in [0.25, 0.3) is 0 Å². The minimum Gasteiger partial charge on any atom is -0.435 e. The average Bonchev–Trinajstić information content (AvgIpc) is 2.36. The minimum absolute atomic E-state index is 0.247. The van der Waals surface area contributed by atoms with E-state index in [1.54, 1.807) is 6.26 Å². The Morgan fingerprint density at radius 1 is 1.33 bits per heavy atom. The first kappa shape index (κ1) is 12.9. The Kier molecular flexibility index (Phi) is 4.19. The zero-order valence-corrected chi connectivity index (χ0v) is 11.1. The Labute approximate surface area is 109 Å². The highest BCUT2D eigenvalue weighted by atomic mass is 16.5. The molecule has 1 atom stereocenters. The van der Waals surface area contributed by atoms with Crippen molar-refractivity contribution in [3.05, 3.63) is 47.2 Å². The van der Waals surface area contributed by atoms with Crippen molar-refractivity contribution >= 4 is 5.97 Å². The molecule has 2 heteroatoms. The van der Waals surface area contributed by atoms with Gasteiger partial charge in [-0.15, -0.1) is 0 Å². The van der Waals surface area contributed by atoms with Crippen LogP contribution in [0.4, 0.5) is 0 Å². The maximum Gasteiger partial charge on any atom is 0.307 e. The van der Waals surface area contributed by atoms with Gasteiger partial charge < -0.3 is 4.74 Å². The second kappa shape index (κ2) is 5.85. The molecule has 0 fully saturated rings. The number of ether oxygens (including phenoxy) is 1. The van der Waals surface area contributed by atoms with Gasteiger partial charge in [0, 0.05) is 6.92 Å². The molecule has 0 radical (unpaired) electrons. The highest BCUT2D eigenvalue weighted by Gasteiger charge is 2.18. The number of rotatable bonds is 3. The number of fused-ring (bicyclic) bond motifs is 1. The largest absolute Gasteiger partial charge is 0.435 e. The Morgan fingerprint density at radius 3 is 2.78 bits per heavy atom. The van der Waals surface area contributed by atoms with Crippen molar-refractivity contribution in [1.29, 1.82) is 0 Å². The second-order valence-corrected chi connectivity index (χ2v) is 5.16. The predicted octanol–water partition coefficient (Wildman–Crippen LogP) is 3.65. The van der Waals surface area contributed by atoms with Gasteiger partial charge in [-0.1, -0.05) is 24.3 Å². The first-order chi connectivity index (χ1) is 8.65. The molecule has 0 N–H and O–H groups in total. The quantitative estimate of drug-likeness (QED) is 0.599. The van der Waals surface area contributed by atoms with Gasteiger partial charge in [0.2, 0.25) is 0 Å². The van der Waals surface area contributed by atoms with E-state index in [9.17, 15) is 4.79 Å². The van der Waals surface area contributed by atoms with Gasteiger partial charge in [0.25, 0.3) is 0 Å². The number of carbonyl (C=O) groups excluding carboxylic acids is 1. The molecular formula is C16H20O2. The topological polar surface area (TPSA) is 26.3 Å². The first-order valence-electron chi connectivity index (χ1n) is 6.55. The van der Waals surface area contributed by atoms with Crippen LogP contribution < -0.4 is 0 Å². The third-order valence-corrected chi connectivity index (χ3v) is 3.49. The number of benzene rings is 1. The van der Waals surface area contributed by atoms with E-state index in [0.29, 0.717) is 5.92 Å². The van der Waals surface area contributed by atoms with Gasteiger partial charge in [0.05, 0.1) is 6.26 Å². The van der Waals surface area contributed by atoms with Gasteiger partial charge in [0.1, 0.15) is 0 Å². The lowest BCUT2D eigenvalue weighted by Gasteiger charge is -2.24. The Balaban J connectivity index is 1.93. The lowest BCUT2D eigenvalue weighted by Crippen LogP contribution is -2.14. The van der Waals surface area contributed by atoms with E-state index in [0.717, 1.165) is 18.4 Å². The Hall–Kier alpha value is -1.57. The van der Waals surface area contributed by atoms with Gasteiger partial charge in [0.15, 0.2) is 0 Å². The number of esters is 1. The van der Waals surface area contributed by atoms with E-state index >= 15 is 0 Å². The SMILES string of the molecule is CC(=O)OC=C(C)CC1CCc2ccccc2C1. The van der Waals surface area contributed by atoms with Crippen molar-refractivity contribution < 1.29 is 9.53 Å². The highest BCUT2D eigenvalue weighted by molar-refractivity contribution is 5.66. The molecule has 0 spiro atoms. The maximum absolute atomic E-state index is 10.7. The fraction of sp³-hybridized carbons (Fsp3) is 0.438. The number of hydrogen-bond acceptors (Lipinski definition) is 2. The number of aryl methyl sites for hydroxylation is 1. The molecule has 96 valence electrons.